The van der Waals surface area contributed by atoms with Crippen LogP contribution in [-0.2, 0) is 0 Å². The van der Waals surface area contributed by atoms with E-state index < -0.39 is 18.6 Å². The lowest BCUT2D eigenvalue weighted by Crippen LogP contribution is -2.20. The number of nitrogens with zero attached hydrogens (tertiary/aromatic N) is 1. The highest BCUT2D eigenvalue weighted by molar-refractivity contribution is 6.32. The zero-order valence-electron chi connectivity index (χ0n) is 7.35. The summed E-state index contributed by atoms with van der Waals surface area (Å²) in [5.74, 6) is 0. The maximum atomic E-state index is 12.0. The minimum Gasteiger partial charge on any atom is -0.324 e. The molecule has 7 heteroatoms. The molecule has 0 spiro atoms. The first kappa shape index (κ1) is 12.5. The van der Waals surface area contributed by atoms with Crippen LogP contribution in [-0.4, -0.2) is 11.2 Å². The van der Waals surface area contributed by atoms with E-state index in [4.69, 9.17) is 28.9 Å². The van der Waals surface area contributed by atoms with E-state index in [1.165, 1.54) is 12.1 Å². The fourth-order valence-corrected chi connectivity index (χ4v) is 1.54. The summed E-state index contributed by atoms with van der Waals surface area (Å²) in [5, 5.41) is 0.0159. The molecule has 0 saturated heterocycles. The van der Waals surface area contributed by atoms with E-state index in [2.05, 4.69) is 4.98 Å². The molecule has 2 nitrogen and oxygen atoms in total. The quantitative estimate of drug-likeness (QED) is 0.827. The van der Waals surface area contributed by atoms with Gasteiger partial charge >= 0.3 is 6.18 Å². The van der Waals surface area contributed by atoms with E-state index in [1.807, 2.05) is 0 Å². The molecule has 0 unspecified atom stereocenters. The predicted octanol–water partition coefficient (Wildman–Crippen LogP) is 3.34. The van der Waals surface area contributed by atoms with Crippen LogP contribution < -0.4 is 5.73 Å². The Balaban J connectivity index is 2.87. The lowest BCUT2D eigenvalue weighted by Gasteiger charge is -2.15. The average Bonchev–Trinajstić information content (AvgIpc) is 1.99. The maximum Gasteiger partial charge on any atom is 0.390 e. The van der Waals surface area contributed by atoms with E-state index in [-0.39, 0.29) is 15.9 Å². The second kappa shape index (κ2) is 4.55. The van der Waals surface area contributed by atoms with Gasteiger partial charge in [0, 0.05) is 11.6 Å². The Morgan fingerprint density at radius 2 is 1.93 bits per heavy atom. The Kier molecular flexibility index (Phi) is 3.81. The minimum atomic E-state index is -4.33. The number of pyridine rings is 1. The molecule has 1 rings (SSSR count). The minimum absolute atomic E-state index is 0.0979. The molecular formula is C8H7Cl2F3N2. The molecule has 0 aromatic carbocycles. The van der Waals surface area contributed by atoms with Crippen molar-refractivity contribution in [1.29, 1.82) is 0 Å². The molecule has 0 bridgehead atoms. The summed E-state index contributed by atoms with van der Waals surface area (Å²) in [6.07, 6.45) is -5.47. The zero-order valence-corrected chi connectivity index (χ0v) is 8.87. The summed E-state index contributed by atoms with van der Waals surface area (Å²) in [6.45, 7) is 0. The molecular weight excluding hydrogens is 252 g/mol. The summed E-state index contributed by atoms with van der Waals surface area (Å²) < 4.78 is 36.1. The summed E-state index contributed by atoms with van der Waals surface area (Å²) in [4.78, 5) is 3.61. The van der Waals surface area contributed by atoms with Gasteiger partial charge in [-0.1, -0.05) is 29.3 Å². The fraction of sp³-hybridized carbons (Fsp3) is 0.375. The van der Waals surface area contributed by atoms with E-state index in [0.717, 1.165) is 0 Å². The van der Waals surface area contributed by atoms with Crippen LogP contribution in [0.2, 0.25) is 10.3 Å². The van der Waals surface area contributed by atoms with E-state index in [1.54, 1.807) is 0 Å². The summed E-state index contributed by atoms with van der Waals surface area (Å²) >= 11 is 11.1. The van der Waals surface area contributed by atoms with Crippen molar-refractivity contribution < 1.29 is 13.2 Å². The maximum absolute atomic E-state index is 12.0. The van der Waals surface area contributed by atoms with Crippen molar-refractivity contribution in [1.82, 2.24) is 4.98 Å². The third-order valence-electron chi connectivity index (χ3n) is 1.69. The largest absolute Gasteiger partial charge is 0.390 e. The highest BCUT2D eigenvalue weighted by atomic mass is 35.5. The van der Waals surface area contributed by atoms with Crippen LogP contribution in [0.15, 0.2) is 12.1 Å². The van der Waals surface area contributed by atoms with Crippen LogP contribution in [0, 0.1) is 0 Å². The van der Waals surface area contributed by atoms with Gasteiger partial charge in [0.1, 0.15) is 10.3 Å². The lowest BCUT2D eigenvalue weighted by molar-refractivity contribution is -0.138. The number of hydrogen-bond donors (Lipinski definition) is 1. The van der Waals surface area contributed by atoms with Gasteiger partial charge in [-0.15, -0.1) is 0 Å². The predicted molar refractivity (Wildman–Crippen MR) is 51.9 cm³/mol. The van der Waals surface area contributed by atoms with E-state index in [9.17, 15) is 13.2 Å². The van der Waals surface area contributed by atoms with Crippen molar-refractivity contribution in [3.8, 4) is 0 Å². The van der Waals surface area contributed by atoms with E-state index >= 15 is 0 Å². The third-order valence-corrected chi connectivity index (χ3v) is 2.21. The van der Waals surface area contributed by atoms with Crippen molar-refractivity contribution in [2.75, 3.05) is 0 Å². The SMILES string of the molecule is N[C@H](CC(F)(F)F)c1ccc(Cl)nc1Cl. The Morgan fingerprint density at radius 1 is 1.33 bits per heavy atom. The number of hydrogen-bond acceptors (Lipinski definition) is 2. The molecule has 0 aliphatic heterocycles. The van der Waals surface area contributed by atoms with Gasteiger partial charge in [-0.3, -0.25) is 0 Å². The highest BCUT2D eigenvalue weighted by Crippen LogP contribution is 2.30. The standard InChI is InChI=1S/C8H7Cl2F3N2/c9-6-2-1-4(7(10)15-6)5(14)3-8(11,12)13/h1-2,5H,3,14H2/t5-/m1/s1. The molecule has 0 aliphatic rings. The zero-order chi connectivity index (χ0) is 11.6. The van der Waals surface area contributed by atoms with Crippen molar-refractivity contribution in [2.45, 2.75) is 18.6 Å². The molecule has 2 N–H and O–H groups in total. The number of halogens is 5. The number of rotatable bonds is 2. The van der Waals surface area contributed by atoms with Crippen LogP contribution in [0.5, 0.6) is 0 Å². The Hall–Kier alpha value is -0.520. The van der Waals surface area contributed by atoms with Gasteiger partial charge in [0.25, 0.3) is 0 Å². The van der Waals surface area contributed by atoms with Crippen molar-refractivity contribution in [2.24, 2.45) is 5.73 Å². The van der Waals surface area contributed by atoms with Gasteiger partial charge in [-0.05, 0) is 6.07 Å². The second-order valence-corrected chi connectivity index (χ2v) is 3.69. The summed E-state index contributed by atoms with van der Waals surface area (Å²) in [6, 6.07) is 1.47. The van der Waals surface area contributed by atoms with Crippen LogP contribution in [0.4, 0.5) is 13.2 Å². The topological polar surface area (TPSA) is 38.9 Å². The first-order chi connectivity index (χ1) is 6.79. The molecule has 1 heterocycles. The number of aromatic nitrogens is 1. The van der Waals surface area contributed by atoms with Gasteiger partial charge in [-0.25, -0.2) is 4.98 Å². The van der Waals surface area contributed by atoms with Crippen LogP contribution in [0.3, 0.4) is 0 Å². The Morgan fingerprint density at radius 3 is 2.40 bits per heavy atom. The first-order valence-electron chi connectivity index (χ1n) is 3.94. The van der Waals surface area contributed by atoms with Gasteiger partial charge in [-0.2, -0.15) is 13.2 Å². The van der Waals surface area contributed by atoms with Crippen molar-refractivity contribution >= 4 is 23.2 Å². The van der Waals surface area contributed by atoms with Crippen LogP contribution >= 0.6 is 23.2 Å². The molecule has 15 heavy (non-hydrogen) atoms. The number of nitrogens with two attached hydrogens (primary N) is 1. The van der Waals surface area contributed by atoms with Crippen molar-refractivity contribution in [3.05, 3.63) is 28.0 Å². The molecule has 1 aromatic rings. The van der Waals surface area contributed by atoms with E-state index in [0.29, 0.717) is 0 Å². The fourth-order valence-electron chi connectivity index (χ4n) is 1.06. The molecule has 0 saturated carbocycles. The third kappa shape index (κ3) is 3.85. The lowest BCUT2D eigenvalue weighted by atomic mass is 10.1. The highest BCUT2D eigenvalue weighted by Gasteiger charge is 2.31. The second-order valence-electron chi connectivity index (χ2n) is 2.94. The van der Waals surface area contributed by atoms with Gasteiger partial charge in [0.2, 0.25) is 0 Å². The summed E-state index contributed by atoms with van der Waals surface area (Å²) in [7, 11) is 0. The summed E-state index contributed by atoms with van der Waals surface area (Å²) in [5.41, 5.74) is 5.48. The van der Waals surface area contributed by atoms with Crippen LogP contribution in [0.1, 0.15) is 18.0 Å². The molecule has 84 valence electrons. The van der Waals surface area contributed by atoms with Crippen molar-refractivity contribution in [3.63, 3.8) is 0 Å². The molecule has 1 atom stereocenters. The molecule has 0 radical (unpaired) electrons. The monoisotopic (exact) mass is 258 g/mol. The van der Waals surface area contributed by atoms with Gasteiger partial charge < -0.3 is 5.73 Å². The van der Waals surface area contributed by atoms with Gasteiger partial charge in [0.15, 0.2) is 0 Å². The Labute approximate surface area is 94.2 Å². The molecule has 0 aliphatic carbocycles. The van der Waals surface area contributed by atoms with Gasteiger partial charge in [0.05, 0.1) is 6.42 Å². The normalized spacial score (nSPS) is 14.0. The Bertz CT molecular complexity index is 354. The number of alkyl halides is 3. The molecule has 0 fully saturated rings. The molecule has 0 amide bonds. The first-order valence-corrected chi connectivity index (χ1v) is 4.69. The average molecular weight is 259 g/mol. The van der Waals surface area contributed by atoms with Crippen LogP contribution in [0.25, 0.3) is 0 Å². The smallest absolute Gasteiger partial charge is 0.324 e. The molecule has 1 aromatic heterocycles.